The summed E-state index contributed by atoms with van der Waals surface area (Å²) in [7, 11) is 0. The summed E-state index contributed by atoms with van der Waals surface area (Å²) >= 11 is 3.22. The maximum Gasteiger partial charge on any atom is 0.230 e. The van der Waals surface area contributed by atoms with Crippen molar-refractivity contribution in [3.63, 3.8) is 0 Å². The second-order valence-corrected chi connectivity index (χ2v) is 9.76. The van der Waals surface area contributed by atoms with E-state index in [9.17, 15) is 4.79 Å². The lowest BCUT2D eigenvalue weighted by molar-refractivity contribution is -0.118. The summed E-state index contributed by atoms with van der Waals surface area (Å²) in [5.74, 6) is 3.88. The van der Waals surface area contributed by atoms with Gasteiger partial charge in [-0.2, -0.15) is 0 Å². The number of carbonyl (C=O) groups excluding carboxylic acids is 1. The molecule has 4 atom stereocenters. The number of thioether (sulfide) groups is 1. The van der Waals surface area contributed by atoms with Crippen molar-refractivity contribution in [3.05, 3.63) is 17.5 Å². The highest BCUT2D eigenvalue weighted by atomic mass is 32.2. The molecule has 1 amide bonds. The van der Waals surface area contributed by atoms with Gasteiger partial charge in [-0.3, -0.25) is 9.36 Å². The molecule has 2 aliphatic rings. The van der Waals surface area contributed by atoms with Crippen molar-refractivity contribution in [1.82, 2.24) is 20.1 Å². The van der Waals surface area contributed by atoms with Crippen LogP contribution in [-0.2, 0) is 4.79 Å². The minimum atomic E-state index is 0.0710. The molecule has 1 N–H and O–H groups in total. The Bertz CT molecular complexity index is 773. The predicted octanol–water partition coefficient (Wildman–Crippen LogP) is 4.62. The summed E-state index contributed by atoms with van der Waals surface area (Å²) in [6.45, 7) is 5.12. The SMILES string of the molecule is CCCNC(=O)CSc1nnc(-c2cccs2)n1C(C)C1CC2CCC1C2. The lowest BCUT2D eigenvalue weighted by Crippen LogP contribution is -2.26. The molecular weight excluding hydrogens is 376 g/mol. The summed E-state index contributed by atoms with van der Waals surface area (Å²) in [5, 5.41) is 14.9. The number of hydrogen-bond acceptors (Lipinski definition) is 5. The molecule has 0 aromatic carbocycles. The van der Waals surface area contributed by atoms with Crippen molar-refractivity contribution in [2.24, 2.45) is 17.8 Å². The Labute approximate surface area is 169 Å². The quantitative estimate of drug-likeness (QED) is 0.652. The number of carbonyl (C=O) groups is 1. The molecule has 7 heteroatoms. The van der Waals surface area contributed by atoms with Crippen molar-refractivity contribution < 1.29 is 4.79 Å². The smallest absolute Gasteiger partial charge is 0.230 e. The largest absolute Gasteiger partial charge is 0.355 e. The van der Waals surface area contributed by atoms with Crippen LogP contribution in [0.15, 0.2) is 22.7 Å². The van der Waals surface area contributed by atoms with Crippen LogP contribution < -0.4 is 5.32 Å². The van der Waals surface area contributed by atoms with E-state index < -0.39 is 0 Å². The van der Waals surface area contributed by atoms with Crippen LogP contribution in [0.4, 0.5) is 0 Å². The molecule has 4 unspecified atom stereocenters. The second-order valence-electron chi connectivity index (χ2n) is 7.87. The number of rotatable bonds is 8. The van der Waals surface area contributed by atoms with Crippen LogP contribution in [0.1, 0.15) is 52.0 Å². The van der Waals surface area contributed by atoms with Crippen LogP contribution in [0.3, 0.4) is 0 Å². The average molecular weight is 405 g/mol. The third kappa shape index (κ3) is 3.94. The summed E-state index contributed by atoms with van der Waals surface area (Å²) < 4.78 is 2.31. The molecule has 0 aliphatic heterocycles. The number of amides is 1. The summed E-state index contributed by atoms with van der Waals surface area (Å²) in [4.78, 5) is 13.2. The van der Waals surface area contributed by atoms with Gasteiger partial charge in [0.25, 0.3) is 0 Å². The molecule has 4 rings (SSSR count). The Hall–Kier alpha value is -1.34. The maximum absolute atomic E-state index is 12.1. The van der Waals surface area contributed by atoms with E-state index in [0.717, 1.165) is 40.7 Å². The molecule has 5 nitrogen and oxygen atoms in total. The Morgan fingerprint density at radius 1 is 1.41 bits per heavy atom. The standard InChI is InChI=1S/C20H28N4OS2/c1-3-8-21-18(25)12-27-20-23-22-19(17-5-4-9-26-17)24(20)13(2)16-11-14-6-7-15(16)10-14/h4-5,9,13-16H,3,6-8,10-12H2,1-2H3,(H,21,25). The zero-order chi connectivity index (χ0) is 18.8. The predicted molar refractivity (Wildman–Crippen MR) is 111 cm³/mol. The van der Waals surface area contributed by atoms with E-state index in [1.54, 1.807) is 11.3 Å². The van der Waals surface area contributed by atoms with Gasteiger partial charge in [-0.1, -0.05) is 31.2 Å². The summed E-state index contributed by atoms with van der Waals surface area (Å²) in [6, 6.07) is 4.54. The van der Waals surface area contributed by atoms with E-state index in [0.29, 0.717) is 17.7 Å². The van der Waals surface area contributed by atoms with Crippen LogP contribution in [0.2, 0.25) is 0 Å². The summed E-state index contributed by atoms with van der Waals surface area (Å²) in [6.07, 6.45) is 6.46. The van der Waals surface area contributed by atoms with Gasteiger partial charge in [0.15, 0.2) is 11.0 Å². The molecule has 0 saturated heterocycles. The topological polar surface area (TPSA) is 59.8 Å². The number of fused-ring (bicyclic) bond motifs is 2. The molecule has 2 aliphatic carbocycles. The highest BCUT2D eigenvalue weighted by molar-refractivity contribution is 7.99. The van der Waals surface area contributed by atoms with E-state index in [4.69, 9.17) is 0 Å². The number of aromatic nitrogens is 3. The van der Waals surface area contributed by atoms with Crippen molar-refractivity contribution in [2.45, 2.75) is 57.1 Å². The molecule has 2 bridgehead atoms. The lowest BCUT2D eigenvalue weighted by Gasteiger charge is -2.30. The van der Waals surface area contributed by atoms with Crippen LogP contribution in [0.25, 0.3) is 10.7 Å². The molecule has 146 valence electrons. The van der Waals surface area contributed by atoms with E-state index in [-0.39, 0.29) is 5.91 Å². The van der Waals surface area contributed by atoms with E-state index in [1.165, 1.54) is 37.4 Å². The van der Waals surface area contributed by atoms with Crippen molar-refractivity contribution >= 4 is 29.0 Å². The van der Waals surface area contributed by atoms with Crippen molar-refractivity contribution in [1.29, 1.82) is 0 Å². The molecule has 2 aromatic rings. The van der Waals surface area contributed by atoms with E-state index in [2.05, 4.69) is 51.4 Å². The van der Waals surface area contributed by atoms with Gasteiger partial charge in [0.05, 0.1) is 10.6 Å². The molecule has 27 heavy (non-hydrogen) atoms. The molecule has 0 radical (unpaired) electrons. The van der Waals surface area contributed by atoms with Gasteiger partial charge >= 0.3 is 0 Å². The van der Waals surface area contributed by atoms with Gasteiger partial charge in [0, 0.05) is 12.6 Å². The average Bonchev–Trinajstić information content (AvgIpc) is 3.46. The third-order valence-electron chi connectivity index (χ3n) is 6.13. The minimum Gasteiger partial charge on any atom is -0.355 e. The van der Waals surface area contributed by atoms with Gasteiger partial charge in [-0.25, -0.2) is 0 Å². The second kappa shape index (κ2) is 8.35. The minimum absolute atomic E-state index is 0.0710. The van der Waals surface area contributed by atoms with E-state index in [1.807, 2.05) is 0 Å². The summed E-state index contributed by atoms with van der Waals surface area (Å²) in [5.41, 5.74) is 0. The van der Waals surface area contributed by atoms with Crippen molar-refractivity contribution in [2.75, 3.05) is 12.3 Å². The maximum atomic E-state index is 12.1. The normalized spacial score (nSPS) is 25.0. The molecule has 2 heterocycles. The van der Waals surface area contributed by atoms with Gasteiger partial charge in [-0.05, 0) is 61.8 Å². The van der Waals surface area contributed by atoms with Gasteiger partial charge in [-0.15, -0.1) is 21.5 Å². The first-order valence-electron chi connectivity index (χ1n) is 10.1. The van der Waals surface area contributed by atoms with Crippen LogP contribution in [0, 0.1) is 17.8 Å². The first-order valence-corrected chi connectivity index (χ1v) is 11.9. The molecular formula is C20H28N4OS2. The van der Waals surface area contributed by atoms with Gasteiger partial charge in [0.2, 0.25) is 5.91 Å². The Morgan fingerprint density at radius 2 is 2.30 bits per heavy atom. The highest BCUT2D eigenvalue weighted by Gasteiger charge is 2.43. The zero-order valence-corrected chi connectivity index (χ0v) is 17.7. The molecule has 0 spiro atoms. The number of thiophene rings is 1. The highest BCUT2D eigenvalue weighted by Crippen LogP contribution is 2.53. The van der Waals surface area contributed by atoms with Gasteiger partial charge < -0.3 is 5.32 Å². The fraction of sp³-hybridized carbons (Fsp3) is 0.650. The Kier molecular flexibility index (Phi) is 5.88. The van der Waals surface area contributed by atoms with Crippen LogP contribution in [0.5, 0.6) is 0 Å². The van der Waals surface area contributed by atoms with Crippen LogP contribution >= 0.6 is 23.1 Å². The number of nitrogens with zero attached hydrogens (tertiary/aromatic N) is 3. The zero-order valence-electron chi connectivity index (χ0n) is 16.1. The third-order valence-corrected chi connectivity index (χ3v) is 7.94. The fourth-order valence-electron chi connectivity index (χ4n) is 4.84. The number of hydrogen-bond donors (Lipinski definition) is 1. The lowest BCUT2D eigenvalue weighted by atomic mass is 9.84. The Morgan fingerprint density at radius 3 is 2.96 bits per heavy atom. The first kappa shape index (κ1) is 19.0. The molecule has 2 fully saturated rings. The van der Waals surface area contributed by atoms with Crippen molar-refractivity contribution in [3.8, 4) is 10.7 Å². The number of nitrogens with one attached hydrogen (secondary N) is 1. The Balaban J connectivity index is 1.57. The molecule has 2 aromatic heterocycles. The first-order chi connectivity index (χ1) is 13.2. The van der Waals surface area contributed by atoms with E-state index >= 15 is 0 Å². The fourth-order valence-corrected chi connectivity index (χ4v) is 6.40. The monoisotopic (exact) mass is 404 g/mol. The van der Waals surface area contributed by atoms with Gasteiger partial charge in [0.1, 0.15) is 0 Å². The molecule has 2 saturated carbocycles. The van der Waals surface area contributed by atoms with Crippen LogP contribution in [-0.4, -0.2) is 33.0 Å².